The Labute approximate surface area is 139 Å². The van der Waals surface area contributed by atoms with Crippen molar-refractivity contribution in [3.05, 3.63) is 53.6 Å². The van der Waals surface area contributed by atoms with Gasteiger partial charge in [0.2, 0.25) is 0 Å². The summed E-state index contributed by atoms with van der Waals surface area (Å²) < 4.78 is 0. The van der Waals surface area contributed by atoms with Crippen molar-refractivity contribution in [3.63, 3.8) is 0 Å². The highest BCUT2D eigenvalue weighted by Gasteiger charge is 2.23. The van der Waals surface area contributed by atoms with Gasteiger partial charge in [0.1, 0.15) is 0 Å². The van der Waals surface area contributed by atoms with Crippen molar-refractivity contribution in [2.45, 2.75) is 38.6 Å². The van der Waals surface area contributed by atoms with Gasteiger partial charge in [0.15, 0.2) is 0 Å². The Morgan fingerprint density at radius 2 is 2.18 bits per heavy atom. The SMILES string of the molecule is CC/C=C\C(=C/C(C)Cl)C1C=Cc2cc(N)ccc2N1CC. The van der Waals surface area contributed by atoms with Gasteiger partial charge < -0.3 is 10.6 Å². The third-order valence-corrected chi connectivity index (χ3v) is 3.93. The van der Waals surface area contributed by atoms with Crippen molar-refractivity contribution in [1.29, 1.82) is 0 Å². The van der Waals surface area contributed by atoms with Crippen LogP contribution in [0.5, 0.6) is 0 Å². The Morgan fingerprint density at radius 1 is 1.41 bits per heavy atom. The number of benzene rings is 1. The molecule has 2 N–H and O–H groups in total. The number of alkyl halides is 1. The topological polar surface area (TPSA) is 29.3 Å². The molecule has 2 nitrogen and oxygen atoms in total. The number of hydrogen-bond acceptors (Lipinski definition) is 2. The number of rotatable bonds is 5. The second-order valence-electron chi connectivity index (χ2n) is 5.56. The molecule has 1 aliphatic rings. The largest absolute Gasteiger partial charge is 0.399 e. The molecular weight excluding hydrogens is 292 g/mol. The molecule has 0 amide bonds. The molecule has 0 fully saturated rings. The average molecular weight is 317 g/mol. The fourth-order valence-electron chi connectivity index (χ4n) is 2.85. The molecule has 1 aromatic carbocycles. The molecule has 3 heteroatoms. The molecule has 1 heterocycles. The van der Waals surface area contributed by atoms with Gasteiger partial charge in [0, 0.05) is 23.3 Å². The minimum absolute atomic E-state index is 0.0106. The molecule has 0 spiro atoms. The highest BCUT2D eigenvalue weighted by atomic mass is 35.5. The fourth-order valence-corrected chi connectivity index (χ4v) is 2.99. The van der Waals surface area contributed by atoms with Crippen LogP contribution in [-0.4, -0.2) is 18.0 Å². The summed E-state index contributed by atoms with van der Waals surface area (Å²) in [5, 5.41) is 0.0106. The lowest BCUT2D eigenvalue weighted by Gasteiger charge is -2.36. The van der Waals surface area contributed by atoms with E-state index in [4.69, 9.17) is 17.3 Å². The molecule has 0 bridgehead atoms. The van der Waals surface area contributed by atoms with Crippen LogP contribution in [0.15, 0.2) is 48.1 Å². The summed E-state index contributed by atoms with van der Waals surface area (Å²) in [7, 11) is 0. The Morgan fingerprint density at radius 3 is 2.82 bits per heavy atom. The summed E-state index contributed by atoms with van der Waals surface area (Å²) in [6, 6.07) is 6.31. The molecule has 22 heavy (non-hydrogen) atoms. The predicted octanol–water partition coefficient (Wildman–Crippen LogP) is 5.01. The van der Waals surface area contributed by atoms with Crippen molar-refractivity contribution < 1.29 is 0 Å². The number of halogens is 1. The van der Waals surface area contributed by atoms with Gasteiger partial charge in [-0.1, -0.05) is 37.3 Å². The minimum atomic E-state index is 0.0106. The third kappa shape index (κ3) is 3.75. The number of nitrogen functional groups attached to an aromatic ring is 1. The Kier molecular flexibility index (Phi) is 5.73. The summed E-state index contributed by atoms with van der Waals surface area (Å²) in [5.41, 5.74) is 10.3. The number of fused-ring (bicyclic) bond motifs is 1. The van der Waals surface area contributed by atoms with Crippen LogP contribution in [0.3, 0.4) is 0 Å². The first-order valence-corrected chi connectivity index (χ1v) is 8.37. The van der Waals surface area contributed by atoms with E-state index in [0.29, 0.717) is 0 Å². The van der Waals surface area contributed by atoms with Gasteiger partial charge in [-0.05, 0) is 49.6 Å². The zero-order chi connectivity index (χ0) is 16.1. The van der Waals surface area contributed by atoms with Crippen molar-refractivity contribution in [2.75, 3.05) is 17.2 Å². The zero-order valence-electron chi connectivity index (χ0n) is 13.6. The van der Waals surface area contributed by atoms with Gasteiger partial charge in [-0.2, -0.15) is 0 Å². The lowest BCUT2D eigenvalue weighted by molar-refractivity contribution is 0.780. The van der Waals surface area contributed by atoms with E-state index in [1.54, 1.807) is 0 Å². The van der Waals surface area contributed by atoms with Crippen LogP contribution in [0, 0.1) is 0 Å². The minimum Gasteiger partial charge on any atom is -0.399 e. The lowest BCUT2D eigenvalue weighted by atomic mass is 9.95. The van der Waals surface area contributed by atoms with E-state index in [-0.39, 0.29) is 11.4 Å². The maximum Gasteiger partial charge on any atom is 0.0727 e. The van der Waals surface area contributed by atoms with Gasteiger partial charge in [0.05, 0.1) is 6.04 Å². The maximum atomic E-state index is 6.21. The smallest absolute Gasteiger partial charge is 0.0727 e. The van der Waals surface area contributed by atoms with Crippen molar-refractivity contribution in [2.24, 2.45) is 0 Å². The van der Waals surface area contributed by atoms with Crippen LogP contribution in [0.1, 0.15) is 32.8 Å². The molecule has 118 valence electrons. The average Bonchev–Trinajstić information content (AvgIpc) is 2.49. The molecule has 2 atom stereocenters. The number of likely N-dealkylation sites (N-methyl/N-ethyl adjacent to an activating group) is 1. The first kappa shape index (κ1) is 16.7. The van der Waals surface area contributed by atoms with E-state index in [2.05, 4.69) is 55.2 Å². The van der Waals surface area contributed by atoms with E-state index >= 15 is 0 Å². The van der Waals surface area contributed by atoms with Gasteiger partial charge in [-0.3, -0.25) is 0 Å². The van der Waals surface area contributed by atoms with E-state index in [1.807, 2.05) is 19.1 Å². The van der Waals surface area contributed by atoms with Crippen molar-refractivity contribution >= 4 is 29.1 Å². The van der Waals surface area contributed by atoms with Crippen LogP contribution in [0.4, 0.5) is 11.4 Å². The Balaban J connectivity index is 2.43. The first-order chi connectivity index (χ1) is 10.6. The quantitative estimate of drug-likeness (QED) is 0.470. The fraction of sp³-hybridized carbons (Fsp3) is 0.368. The van der Waals surface area contributed by atoms with Crippen LogP contribution in [0.2, 0.25) is 0 Å². The highest BCUT2D eigenvalue weighted by molar-refractivity contribution is 6.21. The van der Waals surface area contributed by atoms with Crippen LogP contribution < -0.4 is 10.6 Å². The number of anilines is 2. The highest BCUT2D eigenvalue weighted by Crippen LogP contribution is 2.33. The molecular formula is C19H25ClN2. The summed E-state index contributed by atoms with van der Waals surface area (Å²) >= 11 is 6.21. The van der Waals surface area contributed by atoms with Gasteiger partial charge in [0.25, 0.3) is 0 Å². The molecule has 1 aromatic rings. The zero-order valence-corrected chi connectivity index (χ0v) is 14.3. The Hall–Kier alpha value is -1.67. The van der Waals surface area contributed by atoms with Crippen molar-refractivity contribution in [3.8, 4) is 0 Å². The predicted molar refractivity (Wildman–Crippen MR) is 99.5 cm³/mol. The maximum absolute atomic E-state index is 6.21. The van der Waals surface area contributed by atoms with Gasteiger partial charge in [-0.25, -0.2) is 0 Å². The molecule has 0 radical (unpaired) electrons. The van der Waals surface area contributed by atoms with E-state index in [1.165, 1.54) is 16.8 Å². The summed E-state index contributed by atoms with van der Waals surface area (Å²) in [4.78, 5) is 2.39. The molecule has 2 unspecified atom stereocenters. The molecule has 2 rings (SSSR count). The lowest BCUT2D eigenvalue weighted by Crippen LogP contribution is -2.37. The van der Waals surface area contributed by atoms with Crippen LogP contribution in [-0.2, 0) is 0 Å². The molecule has 0 saturated carbocycles. The number of nitrogens with two attached hydrogens (primary N) is 1. The summed E-state index contributed by atoms with van der Waals surface area (Å²) in [6.07, 6.45) is 11.9. The van der Waals surface area contributed by atoms with E-state index in [9.17, 15) is 0 Å². The standard InChI is InChI=1S/C19H25ClN2/c1-4-6-7-15(12-14(3)20)18-10-8-16-13-17(21)9-11-19(16)22(18)5-2/h6-14,18H,4-5,21H2,1-3H3/b7-6-,15-12+. The number of nitrogens with zero attached hydrogens (tertiary/aromatic N) is 1. The van der Waals surface area contributed by atoms with Gasteiger partial charge >= 0.3 is 0 Å². The summed E-state index contributed by atoms with van der Waals surface area (Å²) in [6.45, 7) is 7.25. The second kappa shape index (κ2) is 7.55. The first-order valence-electron chi connectivity index (χ1n) is 7.93. The van der Waals surface area contributed by atoms with Gasteiger partial charge in [-0.15, -0.1) is 11.6 Å². The second-order valence-corrected chi connectivity index (χ2v) is 6.25. The molecule has 1 aliphatic heterocycles. The molecule has 0 aromatic heterocycles. The summed E-state index contributed by atoms with van der Waals surface area (Å²) in [5.74, 6) is 0. The van der Waals surface area contributed by atoms with Crippen LogP contribution in [0.25, 0.3) is 6.08 Å². The van der Waals surface area contributed by atoms with Crippen LogP contribution >= 0.6 is 11.6 Å². The number of hydrogen-bond donors (Lipinski definition) is 1. The molecule has 0 saturated heterocycles. The van der Waals surface area contributed by atoms with E-state index in [0.717, 1.165) is 18.7 Å². The number of allylic oxidation sites excluding steroid dienone is 2. The van der Waals surface area contributed by atoms with Crippen molar-refractivity contribution in [1.82, 2.24) is 0 Å². The van der Waals surface area contributed by atoms with E-state index < -0.39 is 0 Å². The third-order valence-electron chi connectivity index (χ3n) is 3.81. The monoisotopic (exact) mass is 316 g/mol. The Bertz CT molecular complexity index is 599. The normalized spacial score (nSPS) is 19.5. The molecule has 0 aliphatic carbocycles.